The number of aryl methyl sites for hydroxylation is 3. The number of phenolic OH excluding ortho intramolecular Hbond substituents is 1. The summed E-state index contributed by atoms with van der Waals surface area (Å²) in [5, 5.41) is 11.8. The summed E-state index contributed by atoms with van der Waals surface area (Å²) in [6.45, 7) is 15.2. The molecule has 0 spiro atoms. The van der Waals surface area contributed by atoms with Gasteiger partial charge in [0.05, 0.1) is 22.3 Å². The fraction of sp³-hybridized carbons (Fsp3) is 0.222. The molecule has 59 heavy (non-hydrogen) atoms. The first-order valence-corrected chi connectivity index (χ1v) is 20.1. The van der Waals surface area contributed by atoms with Gasteiger partial charge in [0.15, 0.2) is 0 Å². The second-order valence-corrected chi connectivity index (χ2v) is 17.2. The van der Waals surface area contributed by atoms with Crippen molar-refractivity contribution in [1.82, 2.24) is 14.5 Å². The van der Waals surface area contributed by atoms with Crippen LogP contribution in [0.1, 0.15) is 79.9 Å². The molecule has 300 valence electrons. The Morgan fingerprint density at radius 1 is 0.678 bits per heavy atom. The molecule has 0 unspecified atom stereocenters. The summed E-state index contributed by atoms with van der Waals surface area (Å²) in [7, 11) is 0. The van der Waals surface area contributed by atoms with Crippen molar-refractivity contribution in [1.29, 1.82) is 0 Å². The Hall–Kier alpha value is -5.57. The fourth-order valence-corrected chi connectivity index (χ4v) is 7.78. The van der Waals surface area contributed by atoms with E-state index in [1.165, 1.54) is 5.56 Å². The minimum atomic E-state index is -2.17. The zero-order valence-electron chi connectivity index (χ0n) is 38.0. The van der Waals surface area contributed by atoms with E-state index in [2.05, 4.69) is 132 Å². The second-order valence-electron chi connectivity index (χ2n) is 17.2. The molecule has 8 rings (SSSR count). The predicted molar refractivity (Wildman–Crippen MR) is 243 cm³/mol. The van der Waals surface area contributed by atoms with Crippen LogP contribution in [-0.4, -0.2) is 19.6 Å². The average Bonchev–Trinajstić information content (AvgIpc) is 3.64. The molecule has 0 aliphatic rings. The third-order valence-electron chi connectivity index (χ3n) is 11.6. The van der Waals surface area contributed by atoms with Crippen LogP contribution in [0.2, 0.25) is 0 Å². The molecule has 0 fully saturated rings. The normalized spacial score (nSPS) is 12.8. The van der Waals surface area contributed by atoms with Crippen LogP contribution in [0.3, 0.4) is 0 Å². The molecular weight excluding hydrogens is 902 g/mol. The van der Waals surface area contributed by atoms with E-state index >= 15 is 0 Å². The number of benzene rings is 6. The molecule has 0 saturated heterocycles. The largest absolute Gasteiger partial charge is 0.507 e. The van der Waals surface area contributed by atoms with Gasteiger partial charge >= 0.3 is 0 Å². The van der Waals surface area contributed by atoms with Crippen LogP contribution >= 0.6 is 0 Å². The Bertz CT molecular complexity index is 2920. The van der Waals surface area contributed by atoms with Crippen LogP contribution in [0.5, 0.6) is 5.75 Å². The standard InChI is InChI=1S/C54H52N3O.Pt/c1-10-54(8,9)42-23-24-48(45(33-42)38-15-12-11-13-16-38)57-49-18-14-17-44(50(49)56-52(57)46-28-35(3)27-36(4)51(46)58)40-29-41(31-43(30-40)53(5,6)7)47-32-39(25-26-55-47)37-21-19-34(2)20-22-37;/h11-28,30-33,58H,10H2,1-9H3;/q-1;/i2D3;. The SMILES string of the molecule is [2H]C([2H])([2H])c1ccc(-c2ccnc(-c3[c-]c(-c4cccc5c4nc(-c4cc(C)cc(C)c4O)n5-c4ccc(C(C)(C)CC)cc4-c4ccccc4)cc(C(C)(C)C)c3)c2)cc1.[Pt]. The van der Waals surface area contributed by atoms with Crippen LogP contribution in [-0.2, 0) is 31.9 Å². The quantitative estimate of drug-likeness (QED) is 0.154. The number of rotatable bonds is 8. The van der Waals surface area contributed by atoms with Crippen molar-refractivity contribution in [3.8, 4) is 67.5 Å². The van der Waals surface area contributed by atoms with Gasteiger partial charge in [-0.15, -0.1) is 29.3 Å². The third kappa shape index (κ3) is 8.08. The van der Waals surface area contributed by atoms with Crippen LogP contribution in [0.15, 0.2) is 134 Å². The van der Waals surface area contributed by atoms with Crippen molar-refractivity contribution in [2.45, 2.75) is 79.5 Å². The predicted octanol–water partition coefficient (Wildman–Crippen LogP) is 14.2. The number of imidazole rings is 1. The number of para-hydroxylation sites is 1. The van der Waals surface area contributed by atoms with Gasteiger partial charge in [-0.2, -0.15) is 0 Å². The molecule has 0 radical (unpaired) electrons. The summed E-state index contributed by atoms with van der Waals surface area (Å²) >= 11 is 0. The molecule has 4 nitrogen and oxygen atoms in total. The van der Waals surface area contributed by atoms with Crippen molar-refractivity contribution in [2.24, 2.45) is 0 Å². The summed E-state index contributed by atoms with van der Waals surface area (Å²) in [5.41, 5.74) is 15.0. The monoisotopic (exact) mass is 956 g/mol. The fourth-order valence-electron chi connectivity index (χ4n) is 7.78. The first kappa shape index (κ1) is 37.7. The van der Waals surface area contributed by atoms with E-state index < -0.39 is 6.85 Å². The van der Waals surface area contributed by atoms with Gasteiger partial charge in [0.2, 0.25) is 0 Å². The third-order valence-corrected chi connectivity index (χ3v) is 11.6. The molecule has 0 amide bonds. The summed E-state index contributed by atoms with van der Waals surface area (Å²) in [6, 6.07) is 46.8. The Labute approximate surface area is 368 Å². The van der Waals surface area contributed by atoms with Gasteiger partial charge < -0.3 is 5.11 Å². The van der Waals surface area contributed by atoms with E-state index in [0.717, 1.165) is 84.5 Å². The van der Waals surface area contributed by atoms with Crippen LogP contribution in [0, 0.1) is 26.8 Å². The van der Waals surface area contributed by atoms with Gasteiger partial charge in [0, 0.05) is 42.6 Å². The molecule has 8 aromatic rings. The first-order chi connectivity index (χ1) is 28.9. The van der Waals surface area contributed by atoms with E-state index in [4.69, 9.17) is 14.1 Å². The van der Waals surface area contributed by atoms with Gasteiger partial charge in [0.1, 0.15) is 11.6 Å². The van der Waals surface area contributed by atoms with Crippen LogP contribution in [0.25, 0.3) is 72.7 Å². The second kappa shape index (κ2) is 16.2. The molecule has 2 heterocycles. The van der Waals surface area contributed by atoms with Crippen LogP contribution in [0.4, 0.5) is 0 Å². The molecule has 0 aliphatic heterocycles. The van der Waals surface area contributed by atoms with Gasteiger partial charge in [0.25, 0.3) is 0 Å². The maximum atomic E-state index is 11.8. The van der Waals surface area contributed by atoms with E-state index in [9.17, 15) is 5.11 Å². The number of aromatic nitrogens is 3. The Balaban J connectivity index is 0.00000578. The molecule has 1 N–H and O–H groups in total. The molecule has 0 atom stereocenters. The number of hydrogen-bond donors (Lipinski definition) is 1. The van der Waals surface area contributed by atoms with Crippen molar-refractivity contribution in [2.75, 3.05) is 0 Å². The topological polar surface area (TPSA) is 50.9 Å². The van der Waals surface area contributed by atoms with Crippen molar-refractivity contribution in [3.63, 3.8) is 0 Å². The minimum Gasteiger partial charge on any atom is -0.507 e. The van der Waals surface area contributed by atoms with E-state index in [-0.39, 0.29) is 37.6 Å². The number of phenols is 1. The van der Waals surface area contributed by atoms with Gasteiger partial charge in [-0.1, -0.05) is 143 Å². The summed E-state index contributed by atoms with van der Waals surface area (Å²) in [5.74, 6) is 0.855. The van der Waals surface area contributed by atoms with Gasteiger partial charge in [-0.3, -0.25) is 9.55 Å². The van der Waals surface area contributed by atoms with E-state index in [1.807, 2.05) is 49.4 Å². The molecule has 0 saturated carbocycles. The zero-order valence-corrected chi connectivity index (χ0v) is 37.3. The zero-order chi connectivity index (χ0) is 43.4. The summed E-state index contributed by atoms with van der Waals surface area (Å²) in [4.78, 5) is 10.3. The van der Waals surface area contributed by atoms with Crippen molar-refractivity contribution >= 4 is 11.0 Å². The Morgan fingerprint density at radius 2 is 1.42 bits per heavy atom. The summed E-state index contributed by atoms with van der Waals surface area (Å²) < 4.78 is 25.7. The van der Waals surface area contributed by atoms with Gasteiger partial charge in [-0.05, 0) is 102 Å². The van der Waals surface area contributed by atoms with E-state index in [0.29, 0.717) is 17.0 Å². The average molecular weight is 957 g/mol. The molecular formula is C54H52N3OPt-. The molecule has 5 heteroatoms. The number of hydrogen-bond acceptors (Lipinski definition) is 3. The number of aromatic hydroxyl groups is 1. The maximum Gasteiger partial charge on any atom is 0.148 e. The number of fused-ring (bicyclic) bond motifs is 1. The van der Waals surface area contributed by atoms with Crippen molar-refractivity contribution < 1.29 is 30.3 Å². The summed E-state index contributed by atoms with van der Waals surface area (Å²) in [6.07, 6.45) is 2.78. The number of pyridine rings is 1. The molecule has 6 aromatic carbocycles. The van der Waals surface area contributed by atoms with Gasteiger partial charge in [-0.25, -0.2) is 4.98 Å². The molecule has 0 bridgehead atoms. The molecule has 0 aliphatic carbocycles. The number of nitrogens with zero attached hydrogens (tertiary/aromatic N) is 3. The van der Waals surface area contributed by atoms with Crippen molar-refractivity contribution in [3.05, 3.63) is 167 Å². The minimum absolute atomic E-state index is 0. The maximum absolute atomic E-state index is 11.8. The Morgan fingerprint density at radius 3 is 2.14 bits per heavy atom. The van der Waals surface area contributed by atoms with Crippen LogP contribution < -0.4 is 0 Å². The first-order valence-electron chi connectivity index (χ1n) is 21.6. The van der Waals surface area contributed by atoms with E-state index in [1.54, 1.807) is 18.3 Å². The molecule has 2 aromatic heterocycles. The Kier molecular flexibility index (Phi) is 10.4. The smallest absolute Gasteiger partial charge is 0.148 e.